The van der Waals surface area contributed by atoms with Crippen LogP contribution in [0.4, 0.5) is 4.79 Å². The van der Waals surface area contributed by atoms with Crippen LogP contribution < -0.4 is 4.72 Å². The lowest BCUT2D eigenvalue weighted by atomic mass is 10.0. The lowest BCUT2D eigenvalue weighted by molar-refractivity contribution is -0.126. The molecule has 3 aromatic rings. The third kappa shape index (κ3) is 4.71. The molecule has 7 nitrogen and oxygen atoms in total. The highest BCUT2D eigenvalue weighted by atomic mass is 32.2. The number of carbonyl (C=O) groups is 2. The van der Waals surface area contributed by atoms with Gasteiger partial charge in [0, 0.05) is 0 Å². The summed E-state index contributed by atoms with van der Waals surface area (Å²) in [7, 11) is -3.93. The summed E-state index contributed by atoms with van der Waals surface area (Å²) in [4.78, 5) is 24.9. The number of hydrogen-bond donors (Lipinski definition) is 1. The second-order valence-electron chi connectivity index (χ2n) is 7.53. The fourth-order valence-electron chi connectivity index (χ4n) is 3.46. The summed E-state index contributed by atoms with van der Waals surface area (Å²) in [5.41, 5.74) is 3.65. The average molecular weight is 451 g/mol. The highest BCUT2D eigenvalue weighted by Crippen LogP contribution is 2.24. The number of carbonyl (C=O) groups excluding carboxylic acids is 2. The van der Waals surface area contributed by atoms with Crippen molar-refractivity contribution in [3.8, 4) is 11.1 Å². The highest BCUT2D eigenvalue weighted by molar-refractivity contribution is 7.89. The third-order valence-electron chi connectivity index (χ3n) is 5.25. The van der Waals surface area contributed by atoms with Gasteiger partial charge < -0.3 is 4.74 Å². The van der Waals surface area contributed by atoms with E-state index in [2.05, 4.69) is 4.72 Å². The number of cyclic esters (lactones) is 1. The average Bonchev–Trinajstić information content (AvgIpc) is 3.12. The monoisotopic (exact) mass is 450 g/mol. The fourth-order valence-corrected chi connectivity index (χ4v) is 4.68. The Morgan fingerprint density at radius 3 is 2.06 bits per heavy atom. The maximum atomic E-state index is 13.1. The second-order valence-corrected chi connectivity index (χ2v) is 9.25. The summed E-state index contributed by atoms with van der Waals surface area (Å²) in [6, 6.07) is 22.5. The molecule has 2 amide bonds. The minimum absolute atomic E-state index is 0.0876. The Morgan fingerprint density at radius 2 is 1.50 bits per heavy atom. The lowest BCUT2D eigenvalue weighted by Gasteiger charge is -2.22. The summed E-state index contributed by atoms with van der Waals surface area (Å²) in [6.07, 6.45) is -0.780. The van der Waals surface area contributed by atoms with Gasteiger partial charge in [0.2, 0.25) is 10.0 Å². The molecule has 1 aliphatic rings. The van der Waals surface area contributed by atoms with Gasteiger partial charge >= 0.3 is 6.09 Å². The van der Waals surface area contributed by atoms with Crippen LogP contribution in [0, 0.1) is 6.92 Å². The van der Waals surface area contributed by atoms with E-state index in [4.69, 9.17) is 4.74 Å². The number of imide groups is 1. The Balaban J connectivity index is 1.58. The molecule has 4 rings (SSSR count). The third-order valence-corrected chi connectivity index (χ3v) is 6.74. The van der Waals surface area contributed by atoms with Gasteiger partial charge in [0.15, 0.2) is 6.61 Å². The van der Waals surface area contributed by atoms with E-state index in [1.165, 1.54) is 12.1 Å². The molecule has 1 aliphatic heterocycles. The van der Waals surface area contributed by atoms with Crippen LogP contribution in [0.2, 0.25) is 0 Å². The number of hydrogen-bond acceptors (Lipinski definition) is 5. The smallest absolute Gasteiger partial charge is 0.417 e. The van der Waals surface area contributed by atoms with Crippen molar-refractivity contribution in [3.63, 3.8) is 0 Å². The van der Waals surface area contributed by atoms with Crippen LogP contribution in [-0.4, -0.2) is 38.5 Å². The van der Waals surface area contributed by atoms with E-state index in [1.54, 1.807) is 42.5 Å². The van der Waals surface area contributed by atoms with Gasteiger partial charge in [-0.05, 0) is 35.7 Å². The van der Waals surface area contributed by atoms with Crippen LogP contribution in [0.3, 0.4) is 0 Å². The second kappa shape index (κ2) is 8.94. The molecule has 0 spiro atoms. The van der Waals surface area contributed by atoms with Crippen molar-refractivity contribution < 1.29 is 22.7 Å². The number of amides is 2. The summed E-state index contributed by atoms with van der Waals surface area (Å²) in [5, 5.41) is 0. The van der Waals surface area contributed by atoms with Crippen LogP contribution in [0.25, 0.3) is 11.1 Å². The molecule has 1 heterocycles. The first-order valence-electron chi connectivity index (χ1n) is 10.0. The van der Waals surface area contributed by atoms with Gasteiger partial charge in [-0.2, -0.15) is 0 Å². The molecule has 0 aliphatic carbocycles. The van der Waals surface area contributed by atoms with Crippen LogP contribution in [0.5, 0.6) is 0 Å². The Hall–Kier alpha value is -3.49. The van der Waals surface area contributed by atoms with Crippen LogP contribution in [0.15, 0.2) is 83.8 Å². The standard InChI is InChI=1S/C24H22N2O5S/c1-17-7-9-18(10-8-17)19-11-13-21(14-12-19)32(29,30)25-22(20-5-3-2-4-6-20)15-26-23(27)16-31-24(26)28/h2-14,22,25H,15-16H2,1H3. The first kappa shape index (κ1) is 21.7. The summed E-state index contributed by atoms with van der Waals surface area (Å²) < 4.78 is 33.6. The summed E-state index contributed by atoms with van der Waals surface area (Å²) >= 11 is 0. The highest BCUT2D eigenvalue weighted by Gasteiger charge is 2.34. The zero-order valence-electron chi connectivity index (χ0n) is 17.4. The molecule has 1 unspecified atom stereocenters. The molecular weight excluding hydrogens is 428 g/mol. The zero-order valence-corrected chi connectivity index (χ0v) is 18.2. The van der Waals surface area contributed by atoms with Crippen molar-refractivity contribution in [2.75, 3.05) is 13.2 Å². The maximum Gasteiger partial charge on any atom is 0.417 e. The molecule has 164 valence electrons. The SMILES string of the molecule is Cc1ccc(-c2ccc(S(=O)(=O)NC(CN3C(=O)COC3=O)c3ccccc3)cc2)cc1. The zero-order chi connectivity index (χ0) is 22.7. The molecule has 1 atom stereocenters. The Labute approximate surface area is 186 Å². The molecule has 0 aromatic heterocycles. The van der Waals surface area contributed by atoms with E-state index in [9.17, 15) is 18.0 Å². The van der Waals surface area contributed by atoms with Gasteiger partial charge in [-0.1, -0.05) is 72.3 Å². The van der Waals surface area contributed by atoms with Crippen molar-refractivity contribution in [3.05, 3.63) is 90.0 Å². The normalized spacial score (nSPS) is 15.0. The van der Waals surface area contributed by atoms with Crippen LogP contribution >= 0.6 is 0 Å². The Morgan fingerprint density at radius 1 is 0.906 bits per heavy atom. The molecule has 1 fully saturated rings. The molecule has 8 heteroatoms. The lowest BCUT2D eigenvalue weighted by Crippen LogP contribution is -2.40. The summed E-state index contributed by atoms with van der Waals surface area (Å²) in [5.74, 6) is -0.502. The molecule has 3 aromatic carbocycles. The van der Waals surface area contributed by atoms with E-state index < -0.39 is 28.1 Å². The number of nitrogens with one attached hydrogen (secondary N) is 1. The van der Waals surface area contributed by atoms with Crippen molar-refractivity contribution in [2.24, 2.45) is 0 Å². The van der Waals surface area contributed by atoms with E-state index in [0.29, 0.717) is 5.56 Å². The number of aryl methyl sites for hydroxylation is 1. The van der Waals surface area contributed by atoms with Crippen molar-refractivity contribution in [2.45, 2.75) is 17.9 Å². The van der Waals surface area contributed by atoms with Crippen molar-refractivity contribution >= 4 is 22.0 Å². The predicted octanol–water partition coefficient (Wildman–Crippen LogP) is 3.66. The van der Waals surface area contributed by atoms with Gasteiger partial charge in [0.05, 0.1) is 17.5 Å². The molecule has 0 bridgehead atoms. The maximum absolute atomic E-state index is 13.1. The van der Waals surface area contributed by atoms with Crippen LogP contribution in [-0.2, 0) is 19.6 Å². The van der Waals surface area contributed by atoms with Gasteiger partial charge in [-0.3, -0.25) is 4.79 Å². The largest absolute Gasteiger partial charge is 0.439 e. The molecule has 0 radical (unpaired) electrons. The molecule has 1 N–H and O–H groups in total. The topological polar surface area (TPSA) is 92.8 Å². The van der Waals surface area contributed by atoms with Crippen molar-refractivity contribution in [1.29, 1.82) is 0 Å². The van der Waals surface area contributed by atoms with E-state index in [1.807, 2.05) is 31.2 Å². The minimum Gasteiger partial charge on any atom is -0.439 e. The number of benzene rings is 3. The molecule has 1 saturated heterocycles. The number of nitrogens with zero attached hydrogens (tertiary/aromatic N) is 1. The first-order valence-corrected chi connectivity index (χ1v) is 11.5. The molecule has 32 heavy (non-hydrogen) atoms. The molecule has 0 saturated carbocycles. The van der Waals surface area contributed by atoms with Gasteiger partial charge in [-0.25, -0.2) is 22.8 Å². The van der Waals surface area contributed by atoms with E-state index in [0.717, 1.165) is 21.6 Å². The summed E-state index contributed by atoms with van der Waals surface area (Å²) in [6.45, 7) is 1.50. The van der Waals surface area contributed by atoms with E-state index in [-0.39, 0.29) is 18.0 Å². The van der Waals surface area contributed by atoms with Gasteiger partial charge in [-0.15, -0.1) is 0 Å². The first-order chi connectivity index (χ1) is 15.3. The van der Waals surface area contributed by atoms with Crippen molar-refractivity contribution in [1.82, 2.24) is 9.62 Å². The fraction of sp³-hybridized carbons (Fsp3) is 0.167. The predicted molar refractivity (Wildman–Crippen MR) is 119 cm³/mol. The number of rotatable bonds is 7. The van der Waals surface area contributed by atoms with E-state index >= 15 is 0 Å². The quantitative estimate of drug-likeness (QED) is 0.593. The Kier molecular flexibility index (Phi) is 6.07. The number of sulfonamides is 1. The Bertz CT molecular complexity index is 1210. The van der Waals surface area contributed by atoms with Crippen LogP contribution in [0.1, 0.15) is 17.2 Å². The minimum atomic E-state index is -3.93. The number of ether oxygens (including phenoxy) is 1. The van der Waals surface area contributed by atoms with Gasteiger partial charge in [0.1, 0.15) is 0 Å². The van der Waals surface area contributed by atoms with Gasteiger partial charge in [0.25, 0.3) is 5.91 Å². The molecular formula is C24H22N2O5S.